The van der Waals surface area contributed by atoms with Crippen LogP contribution >= 0.6 is 0 Å². The van der Waals surface area contributed by atoms with Gasteiger partial charge in [-0.1, -0.05) is 26.0 Å². The Morgan fingerprint density at radius 2 is 2.03 bits per heavy atom. The Morgan fingerprint density at radius 1 is 1.29 bits per heavy atom. The highest BCUT2D eigenvalue weighted by Crippen LogP contribution is 2.40. The van der Waals surface area contributed by atoms with Gasteiger partial charge < -0.3 is 15.4 Å². The van der Waals surface area contributed by atoms with Crippen molar-refractivity contribution in [3.05, 3.63) is 41.6 Å². The Balaban J connectivity index is 1.45. The SMILES string of the molecule is COc1ccc(CCC(=O)Nc2cc(C3CC3)nn2C2NC(=O)CC(C(C)C)N2)cc1. The molecule has 2 aromatic rings. The van der Waals surface area contributed by atoms with Gasteiger partial charge in [-0.25, -0.2) is 4.68 Å². The third-order valence-electron chi connectivity index (χ3n) is 5.94. The normalized spacial score (nSPS) is 21.1. The molecule has 2 heterocycles. The van der Waals surface area contributed by atoms with Crippen LogP contribution < -0.4 is 20.7 Å². The molecule has 1 aliphatic carbocycles. The van der Waals surface area contributed by atoms with Crippen molar-refractivity contribution in [2.45, 2.75) is 64.2 Å². The summed E-state index contributed by atoms with van der Waals surface area (Å²) >= 11 is 0. The van der Waals surface area contributed by atoms with E-state index >= 15 is 0 Å². The van der Waals surface area contributed by atoms with E-state index in [2.05, 4.69) is 29.8 Å². The fourth-order valence-electron chi connectivity index (χ4n) is 3.81. The zero-order chi connectivity index (χ0) is 22.0. The maximum absolute atomic E-state index is 12.7. The van der Waals surface area contributed by atoms with Crippen molar-refractivity contribution in [2.75, 3.05) is 12.4 Å². The molecular formula is C23H31N5O3. The van der Waals surface area contributed by atoms with E-state index in [0.29, 0.717) is 36.9 Å². The Bertz CT molecular complexity index is 933. The van der Waals surface area contributed by atoms with Gasteiger partial charge in [0.1, 0.15) is 11.6 Å². The minimum absolute atomic E-state index is 0.0114. The molecule has 1 aromatic heterocycles. The first kappa shape index (κ1) is 21.4. The Labute approximate surface area is 182 Å². The first-order chi connectivity index (χ1) is 14.9. The van der Waals surface area contributed by atoms with Gasteiger partial charge in [-0.05, 0) is 42.9 Å². The van der Waals surface area contributed by atoms with Crippen LogP contribution in [0.5, 0.6) is 5.75 Å². The lowest BCUT2D eigenvalue weighted by molar-refractivity contribution is -0.126. The van der Waals surface area contributed by atoms with Crippen LogP contribution in [-0.2, 0) is 16.0 Å². The summed E-state index contributed by atoms with van der Waals surface area (Å²) < 4.78 is 6.89. The predicted octanol–water partition coefficient (Wildman–Crippen LogP) is 2.93. The molecule has 2 aliphatic rings. The lowest BCUT2D eigenvalue weighted by Crippen LogP contribution is -2.55. The fourth-order valence-corrected chi connectivity index (χ4v) is 3.81. The van der Waals surface area contributed by atoms with E-state index < -0.39 is 6.29 Å². The molecule has 4 rings (SSSR count). The predicted molar refractivity (Wildman–Crippen MR) is 118 cm³/mol. The molecule has 0 spiro atoms. The number of ether oxygens (including phenoxy) is 1. The smallest absolute Gasteiger partial charge is 0.225 e. The number of aryl methyl sites for hydroxylation is 1. The third-order valence-corrected chi connectivity index (χ3v) is 5.94. The molecule has 166 valence electrons. The molecule has 1 saturated carbocycles. The van der Waals surface area contributed by atoms with Gasteiger partial charge >= 0.3 is 0 Å². The molecule has 1 saturated heterocycles. The van der Waals surface area contributed by atoms with Crippen molar-refractivity contribution in [1.29, 1.82) is 0 Å². The summed E-state index contributed by atoms with van der Waals surface area (Å²) in [6, 6.07) is 9.73. The average molecular weight is 426 g/mol. The number of amides is 2. The molecule has 2 unspecified atom stereocenters. The quantitative estimate of drug-likeness (QED) is 0.604. The van der Waals surface area contributed by atoms with E-state index in [1.165, 1.54) is 0 Å². The summed E-state index contributed by atoms with van der Waals surface area (Å²) in [4.78, 5) is 25.0. The van der Waals surface area contributed by atoms with Crippen molar-refractivity contribution in [2.24, 2.45) is 5.92 Å². The number of nitrogens with one attached hydrogen (secondary N) is 3. The number of benzene rings is 1. The summed E-state index contributed by atoms with van der Waals surface area (Å²) in [5.74, 6) is 2.07. The second kappa shape index (κ2) is 9.09. The summed E-state index contributed by atoms with van der Waals surface area (Å²) in [6.45, 7) is 4.18. The number of anilines is 1. The zero-order valence-corrected chi connectivity index (χ0v) is 18.4. The second-order valence-corrected chi connectivity index (χ2v) is 8.76. The van der Waals surface area contributed by atoms with Crippen LogP contribution in [0.15, 0.2) is 30.3 Å². The number of carbonyl (C=O) groups excluding carboxylic acids is 2. The maximum Gasteiger partial charge on any atom is 0.225 e. The minimum Gasteiger partial charge on any atom is -0.497 e. The molecule has 2 fully saturated rings. The number of methoxy groups -OCH3 is 1. The van der Waals surface area contributed by atoms with Gasteiger partial charge in [-0.3, -0.25) is 14.9 Å². The topological polar surface area (TPSA) is 97.3 Å². The van der Waals surface area contributed by atoms with Crippen LogP contribution in [0.1, 0.15) is 63.0 Å². The van der Waals surface area contributed by atoms with Gasteiger partial charge in [0.05, 0.1) is 12.8 Å². The van der Waals surface area contributed by atoms with Crippen LogP contribution in [0.3, 0.4) is 0 Å². The van der Waals surface area contributed by atoms with E-state index in [-0.39, 0.29) is 17.9 Å². The molecule has 1 aromatic carbocycles. The van der Waals surface area contributed by atoms with Crippen molar-refractivity contribution in [3.63, 3.8) is 0 Å². The fraction of sp³-hybridized carbons (Fsp3) is 0.522. The Morgan fingerprint density at radius 3 is 2.68 bits per heavy atom. The lowest BCUT2D eigenvalue weighted by atomic mass is 9.99. The van der Waals surface area contributed by atoms with Crippen LogP contribution in [-0.4, -0.2) is 34.7 Å². The van der Waals surface area contributed by atoms with E-state index in [0.717, 1.165) is 29.8 Å². The average Bonchev–Trinajstić information content (AvgIpc) is 3.52. The van der Waals surface area contributed by atoms with E-state index in [1.54, 1.807) is 11.8 Å². The van der Waals surface area contributed by atoms with E-state index in [1.807, 2.05) is 30.3 Å². The number of aromatic nitrogens is 2. The lowest BCUT2D eigenvalue weighted by Gasteiger charge is -2.34. The first-order valence-electron chi connectivity index (χ1n) is 11.0. The van der Waals surface area contributed by atoms with Gasteiger partial charge in [-0.2, -0.15) is 5.10 Å². The van der Waals surface area contributed by atoms with Crippen molar-refractivity contribution in [3.8, 4) is 5.75 Å². The summed E-state index contributed by atoms with van der Waals surface area (Å²) in [7, 11) is 1.63. The van der Waals surface area contributed by atoms with Crippen LogP contribution in [0.2, 0.25) is 0 Å². The first-order valence-corrected chi connectivity index (χ1v) is 11.0. The number of rotatable bonds is 8. The highest BCUT2D eigenvalue weighted by Gasteiger charge is 2.33. The number of carbonyl (C=O) groups is 2. The minimum atomic E-state index is -0.474. The van der Waals surface area contributed by atoms with Gasteiger partial charge in [0.25, 0.3) is 0 Å². The molecule has 2 amide bonds. The molecule has 2 atom stereocenters. The van der Waals surface area contributed by atoms with Crippen LogP contribution in [0.4, 0.5) is 5.82 Å². The van der Waals surface area contributed by atoms with E-state index in [9.17, 15) is 9.59 Å². The Hall–Kier alpha value is -2.87. The Kier molecular flexibility index (Phi) is 6.27. The summed E-state index contributed by atoms with van der Waals surface area (Å²) in [5.41, 5.74) is 2.04. The standard InChI is InChI=1S/C23H31N5O3/c1-14(2)18-13-22(30)26-23(24-18)28-20(12-19(27-28)16-7-8-16)25-21(29)11-6-15-4-9-17(31-3)10-5-15/h4-5,9-10,12,14,16,18,23-24H,6-8,11,13H2,1-3H3,(H,25,29)(H,26,30). The number of nitrogens with zero attached hydrogens (tertiary/aromatic N) is 2. The summed E-state index contributed by atoms with van der Waals surface area (Å²) in [5, 5.41) is 14.2. The van der Waals surface area contributed by atoms with Crippen molar-refractivity contribution in [1.82, 2.24) is 20.4 Å². The monoisotopic (exact) mass is 425 g/mol. The van der Waals surface area contributed by atoms with Gasteiger partial charge in [0.15, 0.2) is 6.29 Å². The van der Waals surface area contributed by atoms with Gasteiger partial charge in [-0.15, -0.1) is 0 Å². The molecule has 1 aliphatic heterocycles. The van der Waals surface area contributed by atoms with Gasteiger partial charge in [0.2, 0.25) is 11.8 Å². The van der Waals surface area contributed by atoms with Crippen LogP contribution in [0, 0.1) is 5.92 Å². The van der Waals surface area contributed by atoms with Crippen molar-refractivity contribution < 1.29 is 14.3 Å². The molecule has 8 nitrogen and oxygen atoms in total. The van der Waals surface area contributed by atoms with E-state index in [4.69, 9.17) is 9.84 Å². The molecule has 0 radical (unpaired) electrons. The molecular weight excluding hydrogens is 394 g/mol. The largest absolute Gasteiger partial charge is 0.497 e. The molecule has 3 N–H and O–H groups in total. The number of hydrogen-bond donors (Lipinski definition) is 3. The zero-order valence-electron chi connectivity index (χ0n) is 18.4. The highest BCUT2D eigenvalue weighted by atomic mass is 16.5. The van der Waals surface area contributed by atoms with Crippen LogP contribution in [0.25, 0.3) is 0 Å². The maximum atomic E-state index is 12.7. The van der Waals surface area contributed by atoms with Gasteiger partial charge in [0, 0.05) is 30.9 Å². The third kappa shape index (κ3) is 5.25. The molecule has 8 heteroatoms. The summed E-state index contributed by atoms with van der Waals surface area (Å²) in [6.07, 6.45) is 3.18. The second-order valence-electron chi connectivity index (χ2n) is 8.76. The number of hydrogen-bond acceptors (Lipinski definition) is 5. The molecule has 31 heavy (non-hydrogen) atoms. The van der Waals surface area contributed by atoms with Crippen molar-refractivity contribution >= 4 is 17.6 Å². The molecule has 0 bridgehead atoms. The highest BCUT2D eigenvalue weighted by molar-refractivity contribution is 5.90.